The summed E-state index contributed by atoms with van der Waals surface area (Å²) in [7, 11) is 0. The van der Waals surface area contributed by atoms with Crippen LogP contribution in [0.15, 0.2) is 18.2 Å². The van der Waals surface area contributed by atoms with Gasteiger partial charge in [-0.1, -0.05) is 13.0 Å². The summed E-state index contributed by atoms with van der Waals surface area (Å²) in [5.41, 5.74) is 8.02. The van der Waals surface area contributed by atoms with Crippen LogP contribution in [0.4, 0.5) is 0 Å². The van der Waals surface area contributed by atoms with Crippen LogP contribution in [0.1, 0.15) is 37.6 Å². The summed E-state index contributed by atoms with van der Waals surface area (Å²) in [5, 5.41) is 7.49. The highest BCUT2D eigenvalue weighted by Crippen LogP contribution is 2.49. The number of pyridine rings is 1. The highest BCUT2D eigenvalue weighted by molar-refractivity contribution is 5.78. The Balaban J connectivity index is 1.95. The third-order valence-corrected chi connectivity index (χ3v) is 3.86. The molecule has 0 radical (unpaired) electrons. The van der Waals surface area contributed by atoms with Crippen LogP contribution in [-0.4, -0.2) is 28.8 Å². The van der Waals surface area contributed by atoms with Gasteiger partial charge in [-0.15, -0.1) is 0 Å². The van der Waals surface area contributed by atoms with E-state index in [1.807, 2.05) is 13.0 Å². The summed E-state index contributed by atoms with van der Waals surface area (Å²) in [4.78, 5) is 6.98. The molecule has 1 fully saturated rings. The first-order chi connectivity index (χ1) is 9.03. The molecule has 0 aliphatic heterocycles. The molecular formula is C15H24N4. The molecule has 1 aliphatic carbocycles. The van der Waals surface area contributed by atoms with Gasteiger partial charge in [0.2, 0.25) is 0 Å². The lowest BCUT2D eigenvalue weighted by Gasteiger charge is -2.25. The van der Waals surface area contributed by atoms with E-state index < -0.39 is 0 Å². The number of rotatable bonds is 7. The van der Waals surface area contributed by atoms with E-state index in [0.29, 0.717) is 5.84 Å². The third-order valence-electron chi connectivity index (χ3n) is 3.86. The number of amidine groups is 1. The summed E-state index contributed by atoms with van der Waals surface area (Å²) >= 11 is 0. The van der Waals surface area contributed by atoms with Gasteiger partial charge in [0.15, 0.2) is 0 Å². The van der Waals surface area contributed by atoms with Gasteiger partial charge in [0, 0.05) is 25.2 Å². The molecule has 1 aromatic rings. The van der Waals surface area contributed by atoms with Crippen LogP contribution in [0.5, 0.6) is 0 Å². The average molecular weight is 260 g/mol. The van der Waals surface area contributed by atoms with Crippen molar-refractivity contribution in [2.45, 2.75) is 39.7 Å². The zero-order valence-electron chi connectivity index (χ0n) is 11.9. The highest BCUT2D eigenvalue weighted by atomic mass is 15.1. The second-order valence-corrected chi connectivity index (χ2v) is 5.78. The maximum Gasteiger partial charge on any atom is 0.0911 e. The normalized spacial score (nSPS) is 16.6. The molecule has 4 nitrogen and oxygen atoms in total. The van der Waals surface area contributed by atoms with Crippen molar-refractivity contribution in [3.63, 3.8) is 0 Å². The first-order valence-corrected chi connectivity index (χ1v) is 7.01. The molecule has 0 amide bonds. The molecule has 0 bridgehead atoms. The molecule has 3 N–H and O–H groups in total. The minimum atomic E-state index is 0.270. The topological polar surface area (TPSA) is 66.0 Å². The van der Waals surface area contributed by atoms with E-state index in [1.54, 1.807) is 0 Å². The van der Waals surface area contributed by atoms with Crippen LogP contribution in [0.3, 0.4) is 0 Å². The summed E-state index contributed by atoms with van der Waals surface area (Å²) in [6, 6.07) is 6.17. The fraction of sp³-hybridized carbons (Fsp3) is 0.600. The van der Waals surface area contributed by atoms with Crippen molar-refractivity contribution in [1.82, 2.24) is 9.88 Å². The van der Waals surface area contributed by atoms with Gasteiger partial charge in [-0.25, -0.2) is 0 Å². The van der Waals surface area contributed by atoms with E-state index in [-0.39, 0.29) is 5.41 Å². The van der Waals surface area contributed by atoms with Crippen molar-refractivity contribution in [1.29, 1.82) is 5.41 Å². The van der Waals surface area contributed by atoms with E-state index in [1.165, 1.54) is 12.8 Å². The second kappa shape index (κ2) is 5.70. The highest BCUT2D eigenvalue weighted by Gasteiger charge is 2.43. The van der Waals surface area contributed by atoms with Crippen molar-refractivity contribution in [3.05, 3.63) is 29.6 Å². The SMILES string of the molecule is CCN(Cc1cccc(C)n1)CC1(CC(=N)N)CC1. The lowest BCUT2D eigenvalue weighted by Crippen LogP contribution is -2.32. The van der Waals surface area contributed by atoms with Crippen molar-refractivity contribution < 1.29 is 0 Å². The molecule has 1 aliphatic rings. The van der Waals surface area contributed by atoms with Gasteiger partial charge < -0.3 is 5.73 Å². The molecule has 0 unspecified atom stereocenters. The fourth-order valence-corrected chi connectivity index (χ4v) is 2.64. The first-order valence-electron chi connectivity index (χ1n) is 7.01. The quantitative estimate of drug-likeness (QED) is 0.584. The molecule has 2 rings (SSSR count). The van der Waals surface area contributed by atoms with Gasteiger partial charge in [0.25, 0.3) is 0 Å². The molecular weight excluding hydrogens is 236 g/mol. The zero-order chi connectivity index (χ0) is 13.9. The molecule has 1 aromatic heterocycles. The summed E-state index contributed by atoms with van der Waals surface area (Å²) in [6.07, 6.45) is 3.14. The van der Waals surface area contributed by atoms with Crippen LogP contribution in [0.2, 0.25) is 0 Å². The minimum Gasteiger partial charge on any atom is -0.388 e. The van der Waals surface area contributed by atoms with Gasteiger partial charge in [-0.05, 0) is 43.9 Å². The zero-order valence-corrected chi connectivity index (χ0v) is 11.9. The standard InChI is InChI=1S/C15H24N4/c1-3-19(10-13-6-4-5-12(2)18-13)11-15(7-8-15)9-14(16)17/h4-6H,3,7-11H2,1-2H3,(H3,16,17). The smallest absolute Gasteiger partial charge is 0.0911 e. The van der Waals surface area contributed by atoms with Crippen LogP contribution in [0.25, 0.3) is 0 Å². The van der Waals surface area contributed by atoms with Crippen molar-refractivity contribution in [2.24, 2.45) is 11.1 Å². The van der Waals surface area contributed by atoms with Crippen LogP contribution in [0, 0.1) is 17.7 Å². The Morgan fingerprint density at radius 3 is 2.74 bits per heavy atom. The van der Waals surface area contributed by atoms with Crippen molar-refractivity contribution >= 4 is 5.84 Å². The third kappa shape index (κ3) is 4.03. The Labute approximate surface area is 115 Å². The van der Waals surface area contributed by atoms with Gasteiger partial charge >= 0.3 is 0 Å². The number of nitrogens with one attached hydrogen (secondary N) is 1. The van der Waals surface area contributed by atoms with Gasteiger partial charge in [0.1, 0.15) is 0 Å². The molecule has 104 valence electrons. The maximum absolute atomic E-state index is 7.49. The van der Waals surface area contributed by atoms with E-state index in [0.717, 1.165) is 37.4 Å². The number of nitrogens with two attached hydrogens (primary N) is 1. The van der Waals surface area contributed by atoms with Gasteiger partial charge in [-0.2, -0.15) is 0 Å². The molecule has 0 spiro atoms. The molecule has 1 saturated carbocycles. The Bertz CT molecular complexity index is 451. The lowest BCUT2D eigenvalue weighted by molar-refractivity contribution is 0.222. The van der Waals surface area contributed by atoms with E-state index >= 15 is 0 Å². The number of aryl methyl sites for hydroxylation is 1. The predicted molar refractivity (Wildman–Crippen MR) is 78.1 cm³/mol. The molecule has 4 heteroatoms. The largest absolute Gasteiger partial charge is 0.388 e. The Kier molecular flexibility index (Phi) is 4.20. The fourth-order valence-electron chi connectivity index (χ4n) is 2.64. The molecule has 1 heterocycles. The molecule has 0 atom stereocenters. The molecule has 0 saturated heterocycles. The predicted octanol–water partition coefficient (Wildman–Crippen LogP) is 2.32. The van der Waals surface area contributed by atoms with Crippen LogP contribution >= 0.6 is 0 Å². The first kappa shape index (κ1) is 14.0. The summed E-state index contributed by atoms with van der Waals surface area (Å²) in [5.74, 6) is 0.322. The van der Waals surface area contributed by atoms with Crippen LogP contribution in [-0.2, 0) is 6.54 Å². The van der Waals surface area contributed by atoms with E-state index in [4.69, 9.17) is 11.1 Å². The number of aromatic nitrogens is 1. The van der Waals surface area contributed by atoms with Crippen LogP contribution < -0.4 is 5.73 Å². The second-order valence-electron chi connectivity index (χ2n) is 5.78. The number of hydrogen-bond donors (Lipinski definition) is 2. The molecule has 19 heavy (non-hydrogen) atoms. The number of nitrogens with zero attached hydrogens (tertiary/aromatic N) is 2. The van der Waals surface area contributed by atoms with E-state index in [9.17, 15) is 0 Å². The Hall–Kier alpha value is -1.42. The monoisotopic (exact) mass is 260 g/mol. The van der Waals surface area contributed by atoms with Crippen molar-refractivity contribution in [3.8, 4) is 0 Å². The number of hydrogen-bond acceptors (Lipinski definition) is 3. The van der Waals surface area contributed by atoms with E-state index in [2.05, 4.69) is 28.9 Å². The maximum atomic E-state index is 7.49. The average Bonchev–Trinajstić information content (AvgIpc) is 3.07. The Morgan fingerprint density at radius 2 is 2.21 bits per heavy atom. The minimum absolute atomic E-state index is 0.270. The summed E-state index contributed by atoms with van der Waals surface area (Å²) in [6.45, 7) is 7.13. The summed E-state index contributed by atoms with van der Waals surface area (Å²) < 4.78 is 0. The lowest BCUT2D eigenvalue weighted by atomic mass is 10.0. The van der Waals surface area contributed by atoms with Gasteiger partial charge in [-0.3, -0.25) is 15.3 Å². The molecule has 0 aromatic carbocycles. The van der Waals surface area contributed by atoms with Crippen molar-refractivity contribution in [2.75, 3.05) is 13.1 Å². The van der Waals surface area contributed by atoms with Gasteiger partial charge in [0.05, 0.1) is 11.5 Å². The Morgan fingerprint density at radius 1 is 1.47 bits per heavy atom.